The van der Waals surface area contributed by atoms with Gasteiger partial charge in [0.1, 0.15) is 11.3 Å². The molecule has 4 aromatic carbocycles. The van der Waals surface area contributed by atoms with Gasteiger partial charge in [0.2, 0.25) is 5.89 Å². The third kappa shape index (κ3) is 4.09. The number of ether oxygens (including phenoxy) is 1. The number of rotatable bonds is 5. The third-order valence-corrected chi connectivity index (χ3v) is 5.18. The zero-order chi connectivity index (χ0) is 21.2. The van der Waals surface area contributed by atoms with Gasteiger partial charge in [-0.15, -0.1) is 0 Å². The molecule has 0 aliphatic rings. The SMILES string of the molecule is O=C(COc1ccccc1Cl)Nc1ccc2oc(-c3ccc4ccccc4c3)nc2c1. The number of oxazole rings is 1. The number of hydrogen-bond donors (Lipinski definition) is 1. The quantitative estimate of drug-likeness (QED) is 0.356. The van der Waals surface area contributed by atoms with Crippen LogP contribution in [0.3, 0.4) is 0 Å². The number of para-hydroxylation sites is 1. The van der Waals surface area contributed by atoms with Gasteiger partial charge in [0.15, 0.2) is 12.2 Å². The number of fused-ring (bicyclic) bond motifs is 2. The summed E-state index contributed by atoms with van der Waals surface area (Å²) in [4.78, 5) is 16.9. The van der Waals surface area contributed by atoms with Gasteiger partial charge in [-0.3, -0.25) is 4.79 Å². The number of nitrogens with one attached hydrogen (secondary N) is 1. The van der Waals surface area contributed by atoms with Gasteiger partial charge in [-0.25, -0.2) is 4.98 Å². The average molecular weight is 429 g/mol. The summed E-state index contributed by atoms with van der Waals surface area (Å²) >= 11 is 6.04. The second kappa shape index (κ2) is 8.13. The smallest absolute Gasteiger partial charge is 0.262 e. The fourth-order valence-electron chi connectivity index (χ4n) is 3.35. The van der Waals surface area contributed by atoms with Gasteiger partial charge < -0.3 is 14.5 Å². The van der Waals surface area contributed by atoms with E-state index in [1.54, 1.807) is 42.5 Å². The molecule has 1 N–H and O–H groups in total. The molecule has 0 saturated carbocycles. The van der Waals surface area contributed by atoms with E-state index in [2.05, 4.69) is 28.5 Å². The minimum atomic E-state index is -0.294. The van der Waals surface area contributed by atoms with E-state index in [0.717, 1.165) is 16.3 Å². The van der Waals surface area contributed by atoms with Crippen LogP contribution in [0.1, 0.15) is 0 Å². The van der Waals surface area contributed by atoms with Crippen molar-refractivity contribution in [3.05, 3.63) is 90.0 Å². The fourth-order valence-corrected chi connectivity index (χ4v) is 3.54. The van der Waals surface area contributed by atoms with E-state index in [9.17, 15) is 4.79 Å². The van der Waals surface area contributed by atoms with Crippen LogP contribution in [-0.2, 0) is 4.79 Å². The summed E-state index contributed by atoms with van der Waals surface area (Å²) in [6.45, 7) is -0.150. The van der Waals surface area contributed by atoms with Crippen LogP contribution in [0, 0.1) is 0 Å². The first-order valence-electron chi connectivity index (χ1n) is 9.73. The number of aromatic nitrogens is 1. The Balaban J connectivity index is 1.33. The van der Waals surface area contributed by atoms with Gasteiger partial charge in [0.25, 0.3) is 5.91 Å². The van der Waals surface area contributed by atoms with Crippen LogP contribution in [0.4, 0.5) is 5.69 Å². The van der Waals surface area contributed by atoms with E-state index in [1.165, 1.54) is 0 Å². The first-order chi connectivity index (χ1) is 15.2. The predicted octanol–water partition coefficient (Wildman–Crippen LogP) is 6.32. The molecule has 5 aromatic rings. The molecule has 0 fully saturated rings. The topological polar surface area (TPSA) is 64.4 Å². The van der Waals surface area contributed by atoms with Crippen molar-refractivity contribution in [1.29, 1.82) is 0 Å². The lowest BCUT2D eigenvalue weighted by Gasteiger charge is -2.08. The number of carbonyl (C=O) groups excluding carboxylic acids is 1. The number of anilines is 1. The highest BCUT2D eigenvalue weighted by molar-refractivity contribution is 6.32. The van der Waals surface area contributed by atoms with Crippen molar-refractivity contribution in [3.8, 4) is 17.2 Å². The van der Waals surface area contributed by atoms with Gasteiger partial charge in [0, 0.05) is 11.3 Å². The van der Waals surface area contributed by atoms with Crippen LogP contribution in [0.15, 0.2) is 89.3 Å². The van der Waals surface area contributed by atoms with Crippen LogP contribution in [0.5, 0.6) is 5.75 Å². The molecule has 0 aliphatic heterocycles. The lowest BCUT2D eigenvalue weighted by atomic mass is 10.1. The highest BCUT2D eigenvalue weighted by atomic mass is 35.5. The van der Waals surface area contributed by atoms with Gasteiger partial charge in [0.05, 0.1) is 5.02 Å². The second-order valence-electron chi connectivity index (χ2n) is 7.03. The molecule has 0 atom stereocenters. The molecule has 0 spiro atoms. The normalized spacial score (nSPS) is 11.0. The molecule has 152 valence electrons. The summed E-state index contributed by atoms with van der Waals surface area (Å²) in [6.07, 6.45) is 0. The lowest BCUT2D eigenvalue weighted by molar-refractivity contribution is -0.118. The van der Waals surface area contributed by atoms with Crippen molar-refractivity contribution >= 4 is 45.1 Å². The number of halogens is 1. The minimum absolute atomic E-state index is 0.150. The van der Waals surface area contributed by atoms with Crippen molar-refractivity contribution in [1.82, 2.24) is 4.98 Å². The maximum Gasteiger partial charge on any atom is 0.262 e. The van der Waals surface area contributed by atoms with Crippen molar-refractivity contribution < 1.29 is 13.9 Å². The monoisotopic (exact) mass is 428 g/mol. The van der Waals surface area contributed by atoms with Gasteiger partial charge in [-0.1, -0.05) is 54.1 Å². The van der Waals surface area contributed by atoms with E-state index >= 15 is 0 Å². The lowest BCUT2D eigenvalue weighted by Crippen LogP contribution is -2.20. The first kappa shape index (κ1) is 19.2. The standard InChI is InChI=1S/C25H17ClN2O3/c26-20-7-3-4-8-22(20)30-15-24(29)27-19-11-12-23-21(14-19)28-25(31-23)18-10-9-16-5-1-2-6-17(16)13-18/h1-14H,15H2,(H,27,29). The molecule has 0 aliphatic carbocycles. The van der Waals surface area contributed by atoms with E-state index in [4.69, 9.17) is 20.8 Å². The second-order valence-corrected chi connectivity index (χ2v) is 7.44. The molecular formula is C25H17ClN2O3. The highest BCUT2D eigenvalue weighted by Gasteiger charge is 2.11. The summed E-state index contributed by atoms with van der Waals surface area (Å²) < 4.78 is 11.4. The van der Waals surface area contributed by atoms with Crippen LogP contribution in [0.25, 0.3) is 33.3 Å². The first-order valence-corrected chi connectivity index (χ1v) is 10.1. The summed E-state index contributed by atoms with van der Waals surface area (Å²) in [6, 6.07) is 26.6. The van der Waals surface area contributed by atoms with Gasteiger partial charge in [-0.2, -0.15) is 0 Å². The number of hydrogen-bond acceptors (Lipinski definition) is 4. The molecule has 1 aromatic heterocycles. The molecule has 1 heterocycles. The Morgan fingerprint density at radius 3 is 2.61 bits per heavy atom. The predicted molar refractivity (Wildman–Crippen MR) is 123 cm³/mol. The van der Waals surface area contributed by atoms with Crippen LogP contribution in [-0.4, -0.2) is 17.5 Å². The van der Waals surface area contributed by atoms with Crippen molar-refractivity contribution in [2.45, 2.75) is 0 Å². The summed E-state index contributed by atoms with van der Waals surface area (Å²) in [5, 5.41) is 5.54. The van der Waals surface area contributed by atoms with E-state index in [1.807, 2.05) is 24.3 Å². The average Bonchev–Trinajstić information content (AvgIpc) is 3.22. The van der Waals surface area contributed by atoms with Crippen molar-refractivity contribution in [3.63, 3.8) is 0 Å². The number of benzene rings is 4. The van der Waals surface area contributed by atoms with Crippen molar-refractivity contribution in [2.24, 2.45) is 0 Å². The Labute approximate surface area is 183 Å². The third-order valence-electron chi connectivity index (χ3n) is 4.86. The Morgan fingerprint density at radius 2 is 1.74 bits per heavy atom. The largest absolute Gasteiger partial charge is 0.482 e. The maximum absolute atomic E-state index is 12.3. The molecule has 5 nitrogen and oxygen atoms in total. The van der Waals surface area contributed by atoms with Crippen LogP contribution in [0.2, 0.25) is 5.02 Å². The number of carbonyl (C=O) groups is 1. The molecule has 0 saturated heterocycles. The minimum Gasteiger partial charge on any atom is -0.482 e. The zero-order valence-corrected chi connectivity index (χ0v) is 17.1. The summed E-state index contributed by atoms with van der Waals surface area (Å²) in [5.74, 6) is 0.704. The Kier molecular flexibility index (Phi) is 5.02. The molecule has 0 unspecified atom stereocenters. The molecule has 0 radical (unpaired) electrons. The fraction of sp³-hybridized carbons (Fsp3) is 0.0400. The van der Waals surface area contributed by atoms with Crippen LogP contribution < -0.4 is 10.1 Å². The van der Waals surface area contributed by atoms with Crippen LogP contribution >= 0.6 is 11.6 Å². The van der Waals surface area contributed by atoms with E-state index < -0.39 is 0 Å². The van der Waals surface area contributed by atoms with Gasteiger partial charge in [-0.05, 0) is 53.2 Å². The Bertz CT molecular complexity index is 1410. The molecule has 5 rings (SSSR count). The Hall–Kier alpha value is -3.83. The van der Waals surface area contributed by atoms with Gasteiger partial charge >= 0.3 is 0 Å². The molecule has 1 amide bonds. The zero-order valence-electron chi connectivity index (χ0n) is 16.3. The van der Waals surface area contributed by atoms with E-state index in [-0.39, 0.29) is 12.5 Å². The Morgan fingerprint density at radius 1 is 0.935 bits per heavy atom. The molecule has 6 heteroatoms. The maximum atomic E-state index is 12.3. The van der Waals surface area contributed by atoms with Crippen molar-refractivity contribution in [2.75, 3.05) is 11.9 Å². The highest BCUT2D eigenvalue weighted by Crippen LogP contribution is 2.28. The summed E-state index contributed by atoms with van der Waals surface area (Å²) in [7, 11) is 0. The number of nitrogens with zero attached hydrogens (tertiary/aromatic N) is 1. The van der Waals surface area contributed by atoms with E-state index in [0.29, 0.717) is 33.4 Å². The summed E-state index contributed by atoms with van der Waals surface area (Å²) in [5.41, 5.74) is 2.81. The number of amides is 1. The molecule has 31 heavy (non-hydrogen) atoms. The molecular weight excluding hydrogens is 412 g/mol. The molecule has 0 bridgehead atoms.